The normalized spacial score (nSPS) is 10.9. The minimum Gasteiger partial charge on any atom is -0.493 e. The van der Waals surface area contributed by atoms with Gasteiger partial charge in [0, 0.05) is 11.3 Å². The monoisotopic (exact) mass is 311 g/mol. The van der Waals surface area contributed by atoms with Gasteiger partial charge in [-0.25, -0.2) is 4.98 Å². The molecular weight excluding hydrogens is 290 g/mol. The summed E-state index contributed by atoms with van der Waals surface area (Å²) in [6, 6.07) is 11.5. The number of nitrogens with zero attached hydrogens (tertiary/aromatic N) is 1. The van der Waals surface area contributed by atoms with Gasteiger partial charge >= 0.3 is 0 Å². The van der Waals surface area contributed by atoms with Crippen molar-refractivity contribution in [3.8, 4) is 22.9 Å². The number of methoxy groups -OCH3 is 1. The minimum atomic E-state index is 0.691. The molecule has 0 unspecified atom stereocenters. The van der Waals surface area contributed by atoms with Gasteiger partial charge in [-0.2, -0.15) is 0 Å². The third kappa shape index (κ3) is 3.23. The Labute approximate surface area is 135 Å². The fourth-order valence-corrected chi connectivity index (χ4v) is 2.42. The molecule has 0 atom stereocenters. The van der Waals surface area contributed by atoms with Crippen LogP contribution in [0.5, 0.6) is 11.5 Å². The summed E-state index contributed by atoms with van der Waals surface area (Å²) in [6.45, 7) is 2.83. The van der Waals surface area contributed by atoms with E-state index in [-0.39, 0.29) is 0 Å². The Kier molecular flexibility index (Phi) is 4.37. The molecule has 5 nitrogen and oxygen atoms in total. The molecule has 0 aliphatic rings. The van der Waals surface area contributed by atoms with Crippen molar-refractivity contribution >= 4 is 16.7 Å². The van der Waals surface area contributed by atoms with Crippen LogP contribution in [0.15, 0.2) is 36.4 Å². The Morgan fingerprint density at radius 2 is 2.00 bits per heavy atom. The Morgan fingerprint density at radius 3 is 2.78 bits per heavy atom. The van der Waals surface area contributed by atoms with Crippen molar-refractivity contribution < 1.29 is 9.47 Å². The largest absolute Gasteiger partial charge is 0.493 e. The average Bonchev–Trinajstić information content (AvgIpc) is 2.98. The maximum atomic E-state index is 5.81. The summed E-state index contributed by atoms with van der Waals surface area (Å²) >= 11 is 0. The number of hydrogen-bond donors (Lipinski definition) is 2. The van der Waals surface area contributed by atoms with Crippen LogP contribution in [-0.4, -0.2) is 23.7 Å². The quantitative estimate of drug-likeness (QED) is 0.533. The molecule has 2 aromatic carbocycles. The number of nitrogen functional groups attached to an aromatic ring is 1. The van der Waals surface area contributed by atoms with E-state index in [9.17, 15) is 0 Å². The van der Waals surface area contributed by atoms with Crippen LogP contribution in [0.3, 0.4) is 0 Å². The van der Waals surface area contributed by atoms with Crippen LogP contribution in [0.4, 0.5) is 5.69 Å². The molecule has 23 heavy (non-hydrogen) atoms. The van der Waals surface area contributed by atoms with E-state index in [1.807, 2.05) is 36.4 Å². The number of benzene rings is 2. The van der Waals surface area contributed by atoms with Gasteiger partial charge < -0.3 is 20.2 Å². The van der Waals surface area contributed by atoms with Crippen LogP contribution in [-0.2, 0) is 0 Å². The summed E-state index contributed by atoms with van der Waals surface area (Å²) in [4.78, 5) is 7.89. The maximum Gasteiger partial charge on any atom is 0.161 e. The highest BCUT2D eigenvalue weighted by Gasteiger charge is 2.10. The Hall–Kier alpha value is -2.69. The van der Waals surface area contributed by atoms with Crippen LogP contribution >= 0.6 is 0 Å². The second kappa shape index (κ2) is 6.60. The van der Waals surface area contributed by atoms with E-state index < -0.39 is 0 Å². The predicted octanol–water partition coefficient (Wildman–Crippen LogP) is 4.00. The van der Waals surface area contributed by atoms with Gasteiger partial charge in [0.15, 0.2) is 11.5 Å². The molecule has 0 saturated carbocycles. The van der Waals surface area contributed by atoms with Gasteiger partial charge in [-0.1, -0.05) is 13.3 Å². The van der Waals surface area contributed by atoms with Gasteiger partial charge in [-0.05, 0) is 42.8 Å². The summed E-state index contributed by atoms with van der Waals surface area (Å²) in [5.74, 6) is 2.24. The molecule has 1 aromatic heterocycles. The zero-order valence-electron chi connectivity index (χ0n) is 13.4. The highest BCUT2D eigenvalue weighted by Crippen LogP contribution is 2.32. The number of unbranched alkanes of at least 4 members (excludes halogenated alkanes) is 1. The number of fused-ring (bicyclic) bond motifs is 1. The smallest absolute Gasteiger partial charge is 0.161 e. The van der Waals surface area contributed by atoms with Crippen LogP contribution < -0.4 is 15.2 Å². The number of rotatable bonds is 6. The van der Waals surface area contributed by atoms with Crippen molar-refractivity contribution in [3.63, 3.8) is 0 Å². The van der Waals surface area contributed by atoms with Gasteiger partial charge in [-0.3, -0.25) is 0 Å². The van der Waals surface area contributed by atoms with E-state index in [0.717, 1.165) is 41.0 Å². The highest BCUT2D eigenvalue weighted by atomic mass is 16.5. The second-order valence-corrected chi connectivity index (χ2v) is 5.43. The lowest BCUT2D eigenvalue weighted by Gasteiger charge is -2.11. The summed E-state index contributed by atoms with van der Waals surface area (Å²) in [5.41, 5.74) is 9.27. The molecule has 0 aliphatic carbocycles. The standard InChI is InChI=1S/C18H21N3O2/c1-3-4-9-23-16-8-5-12(10-17(16)22-2)18-20-14-7-6-13(19)11-15(14)21-18/h5-8,10-11H,3-4,9,19H2,1-2H3,(H,20,21). The number of H-pyrrole nitrogens is 1. The van der Waals surface area contributed by atoms with Gasteiger partial charge in [0.25, 0.3) is 0 Å². The number of aromatic amines is 1. The van der Waals surface area contributed by atoms with E-state index >= 15 is 0 Å². The van der Waals surface area contributed by atoms with Crippen LogP contribution in [0.2, 0.25) is 0 Å². The molecule has 3 rings (SSSR count). The van der Waals surface area contributed by atoms with Crippen LogP contribution in [0.25, 0.3) is 22.4 Å². The molecule has 1 heterocycles. The molecule has 0 radical (unpaired) electrons. The summed E-state index contributed by atoms with van der Waals surface area (Å²) < 4.78 is 11.2. The molecule has 0 spiro atoms. The first-order valence-corrected chi connectivity index (χ1v) is 7.77. The number of imidazole rings is 1. The zero-order chi connectivity index (χ0) is 16.2. The lowest BCUT2D eigenvalue weighted by molar-refractivity contribution is 0.288. The molecule has 0 aliphatic heterocycles. The molecule has 0 saturated heterocycles. The van der Waals surface area contributed by atoms with Gasteiger partial charge in [0.1, 0.15) is 5.82 Å². The number of nitrogens with two attached hydrogens (primary N) is 1. The predicted molar refractivity (Wildman–Crippen MR) is 92.9 cm³/mol. The Bertz CT molecular complexity index is 811. The SMILES string of the molecule is CCCCOc1ccc(-c2nc3ccc(N)cc3[nH]2)cc1OC. The zero-order valence-corrected chi connectivity index (χ0v) is 13.4. The molecule has 0 fully saturated rings. The first kappa shape index (κ1) is 15.2. The van der Waals surface area contributed by atoms with Crippen molar-refractivity contribution in [2.24, 2.45) is 0 Å². The van der Waals surface area contributed by atoms with E-state index in [4.69, 9.17) is 15.2 Å². The molecule has 3 aromatic rings. The molecule has 3 N–H and O–H groups in total. The van der Waals surface area contributed by atoms with Crippen molar-refractivity contribution in [3.05, 3.63) is 36.4 Å². The minimum absolute atomic E-state index is 0.691. The number of ether oxygens (including phenoxy) is 2. The van der Waals surface area contributed by atoms with Crippen molar-refractivity contribution in [2.75, 3.05) is 19.5 Å². The first-order chi connectivity index (χ1) is 11.2. The van der Waals surface area contributed by atoms with E-state index in [0.29, 0.717) is 18.0 Å². The average molecular weight is 311 g/mol. The van der Waals surface area contributed by atoms with E-state index in [1.165, 1.54) is 0 Å². The van der Waals surface area contributed by atoms with Crippen LogP contribution in [0.1, 0.15) is 19.8 Å². The van der Waals surface area contributed by atoms with Crippen molar-refractivity contribution in [1.82, 2.24) is 9.97 Å². The van der Waals surface area contributed by atoms with Gasteiger partial charge in [-0.15, -0.1) is 0 Å². The lowest BCUT2D eigenvalue weighted by Crippen LogP contribution is -1.99. The molecule has 120 valence electrons. The van der Waals surface area contributed by atoms with Crippen molar-refractivity contribution in [1.29, 1.82) is 0 Å². The third-order valence-corrected chi connectivity index (χ3v) is 3.70. The fourth-order valence-electron chi connectivity index (χ4n) is 2.42. The Morgan fingerprint density at radius 1 is 1.13 bits per heavy atom. The van der Waals surface area contributed by atoms with E-state index in [2.05, 4.69) is 16.9 Å². The highest BCUT2D eigenvalue weighted by molar-refractivity contribution is 5.82. The summed E-state index contributed by atoms with van der Waals surface area (Å²) in [6.07, 6.45) is 2.12. The van der Waals surface area contributed by atoms with Crippen molar-refractivity contribution in [2.45, 2.75) is 19.8 Å². The fraction of sp³-hybridized carbons (Fsp3) is 0.278. The number of hydrogen-bond acceptors (Lipinski definition) is 4. The summed E-state index contributed by atoms with van der Waals surface area (Å²) in [5, 5.41) is 0. The third-order valence-electron chi connectivity index (χ3n) is 3.70. The lowest BCUT2D eigenvalue weighted by atomic mass is 10.2. The van der Waals surface area contributed by atoms with Gasteiger partial charge in [0.2, 0.25) is 0 Å². The molecule has 0 bridgehead atoms. The maximum absolute atomic E-state index is 5.81. The van der Waals surface area contributed by atoms with E-state index in [1.54, 1.807) is 7.11 Å². The number of nitrogens with one attached hydrogen (secondary N) is 1. The molecule has 5 heteroatoms. The summed E-state index contributed by atoms with van der Waals surface area (Å²) in [7, 11) is 1.64. The topological polar surface area (TPSA) is 73.2 Å². The number of anilines is 1. The van der Waals surface area contributed by atoms with Gasteiger partial charge in [0.05, 0.1) is 24.8 Å². The first-order valence-electron chi connectivity index (χ1n) is 7.77. The molecule has 0 amide bonds. The molecular formula is C18H21N3O2. The number of aromatic nitrogens is 2. The second-order valence-electron chi connectivity index (χ2n) is 5.43. The Balaban J connectivity index is 1.92. The van der Waals surface area contributed by atoms with Crippen LogP contribution in [0, 0.1) is 0 Å².